The first-order valence-corrected chi connectivity index (χ1v) is 7.03. The molecule has 0 bridgehead atoms. The van der Waals surface area contributed by atoms with Crippen LogP contribution in [0.2, 0.25) is 0 Å². The van der Waals surface area contributed by atoms with Gasteiger partial charge in [-0.15, -0.1) is 0 Å². The van der Waals surface area contributed by atoms with Crippen LogP contribution < -0.4 is 5.32 Å². The Bertz CT molecular complexity index is 236. The summed E-state index contributed by atoms with van der Waals surface area (Å²) < 4.78 is 5.24. The van der Waals surface area contributed by atoms with Crippen LogP contribution in [0.25, 0.3) is 0 Å². The Balaban J connectivity index is 1.86. The van der Waals surface area contributed by atoms with Crippen molar-refractivity contribution in [2.75, 3.05) is 33.4 Å². The molecule has 3 nitrogen and oxygen atoms in total. The average Bonchev–Trinajstić information content (AvgIpc) is 2.88. The third kappa shape index (κ3) is 4.09. The maximum atomic E-state index is 5.24. The van der Waals surface area contributed by atoms with Gasteiger partial charge in [-0.3, -0.25) is 4.90 Å². The summed E-state index contributed by atoms with van der Waals surface area (Å²) in [6.45, 7) is 4.28. The van der Waals surface area contributed by atoms with E-state index in [1.165, 1.54) is 45.2 Å². The molecule has 0 aromatic rings. The van der Waals surface area contributed by atoms with Crippen LogP contribution in [-0.4, -0.2) is 50.3 Å². The lowest BCUT2D eigenvalue weighted by molar-refractivity contribution is 0.121. The van der Waals surface area contributed by atoms with Crippen molar-refractivity contribution in [1.82, 2.24) is 10.2 Å². The molecule has 0 spiro atoms. The lowest BCUT2D eigenvalue weighted by Crippen LogP contribution is -2.44. The van der Waals surface area contributed by atoms with E-state index in [-0.39, 0.29) is 0 Å². The molecule has 3 heteroatoms. The minimum atomic E-state index is 0.640. The van der Waals surface area contributed by atoms with Gasteiger partial charge in [0.25, 0.3) is 0 Å². The van der Waals surface area contributed by atoms with E-state index in [2.05, 4.69) is 22.4 Å². The first-order valence-electron chi connectivity index (χ1n) is 7.03. The zero-order valence-electron chi connectivity index (χ0n) is 11.0. The van der Waals surface area contributed by atoms with Crippen LogP contribution in [0.5, 0.6) is 0 Å². The zero-order valence-corrected chi connectivity index (χ0v) is 11.0. The van der Waals surface area contributed by atoms with Gasteiger partial charge < -0.3 is 10.1 Å². The van der Waals surface area contributed by atoms with E-state index in [1.54, 1.807) is 7.11 Å². The molecule has 1 aliphatic carbocycles. The van der Waals surface area contributed by atoms with Gasteiger partial charge in [0, 0.05) is 32.3 Å². The van der Waals surface area contributed by atoms with E-state index in [4.69, 9.17) is 4.74 Å². The quantitative estimate of drug-likeness (QED) is 0.714. The van der Waals surface area contributed by atoms with Gasteiger partial charge in [0.2, 0.25) is 0 Å². The van der Waals surface area contributed by atoms with E-state index in [9.17, 15) is 0 Å². The lowest BCUT2D eigenvalue weighted by Gasteiger charge is -2.33. The molecule has 1 aliphatic heterocycles. The summed E-state index contributed by atoms with van der Waals surface area (Å²) in [5.41, 5.74) is 0. The average molecular weight is 238 g/mol. The molecule has 17 heavy (non-hydrogen) atoms. The molecule has 2 rings (SSSR count). The predicted octanol–water partition coefficient (Wildman–Crippen LogP) is 1.80. The van der Waals surface area contributed by atoms with Crippen molar-refractivity contribution < 1.29 is 4.74 Å². The minimum Gasteiger partial charge on any atom is -0.383 e. The molecule has 2 aliphatic rings. The molecular formula is C14H26N2O. The minimum absolute atomic E-state index is 0.640. The molecule has 1 fully saturated rings. The number of ether oxygens (including phenoxy) is 1. The van der Waals surface area contributed by atoms with Crippen molar-refractivity contribution >= 4 is 0 Å². The van der Waals surface area contributed by atoms with Crippen LogP contribution in [0.3, 0.4) is 0 Å². The monoisotopic (exact) mass is 238 g/mol. The molecule has 2 atom stereocenters. The SMILES string of the molecule is COCCN(CC1CCCN1)C1C=CCCC1. The Morgan fingerprint density at radius 3 is 2.94 bits per heavy atom. The summed E-state index contributed by atoms with van der Waals surface area (Å²) in [5.74, 6) is 0. The van der Waals surface area contributed by atoms with Gasteiger partial charge in [-0.2, -0.15) is 0 Å². The highest BCUT2D eigenvalue weighted by molar-refractivity contribution is 4.99. The third-order valence-electron chi connectivity index (χ3n) is 3.90. The molecule has 2 unspecified atom stereocenters. The van der Waals surface area contributed by atoms with Gasteiger partial charge in [-0.05, 0) is 38.6 Å². The first-order chi connectivity index (χ1) is 8.40. The molecule has 0 amide bonds. The fourth-order valence-electron chi connectivity index (χ4n) is 2.90. The Morgan fingerprint density at radius 2 is 2.29 bits per heavy atom. The van der Waals surface area contributed by atoms with Crippen molar-refractivity contribution in [3.63, 3.8) is 0 Å². The second kappa shape index (κ2) is 7.14. The number of nitrogens with zero attached hydrogens (tertiary/aromatic N) is 1. The summed E-state index contributed by atoms with van der Waals surface area (Å²) >= 11 is 0. The smallest absolute Gasteiger partial charge is 0.0589 e. The summed E-state index contributed by atoms with van der Waals surface area (Å²) in [6.07, 6.45) is 11.3. The van der Waals surface area contributed by atoms with E-state index in [0.29, 0.717) is 12.1 Å². The van der Waals surface area contributed by atoms with Gasteiger partial charge in [0.05, 0.1) is 6.61 Å². The highest BCUT2D eigenvalue weighted by atomic mass is 16.5. The highest BCUT2D eigenvalue weighted by Gasteiger charge is 2.22. The van der Waals surface area contributed by atoms with Crippen LogP contribution in [-0.2, 0) is 4.74 Å². The molecule has 1 N–H and O–H groups in total. The van der Waals surface area contributed by atoms with Gasteiger partial charge >= 0.3 is 0 Å². The van der Waals surface area contributed by atoms with Gasteiger partial charge in [-0.25, -0.2) is 0 Å². The largest absolute Gasteiger partial charge is 0.383 e. The van der Waals surface area contributed by atoms with Crippen LogP contribution >= 0.6 is 0 Å². The molecule has 0 radical (unpaired) electrons. The Hall–Kier alpha value is -0.380. The van der Waals surface area contributed by atoms with Gasteiger partial charge in [0.15, 0.2) is 0 Å². The predicted molar refractivity (Wildman–Crippen MR) is 71.3 cm³/mol. The Morgan fingerprint density at radius 1 is 1.35 bits per heavy atom. The zero-order chi connectivity index (χ0) is 11.9. The summed E-state index contributed by atoms with van der Waals surface area (Å²) in [5, 5.41) is 3.60. The van der Waals surface area contributed by atoms with E-state index < -0.39 is 0 Å². The highest BCUT2D eigenvalue weighted by Crippen LogP contribution is 2.18. The Labute approximate surface area is 105 Å². The van der Waals surface area contributed by atoms with Crippen LogP contribution in [0, 0.1) is 0 Å². The molecule has 1 saturated heterocycles. The lowest BCUT2D eigenvalue weighted by atomic mass is 10.0. The van der Waals surface area contributed by atoms with E-state index >= 15 is 0 Å². The number of hydrogen-bond acceptors (Lipinski definition) is 3. The fraction of sp³-hybridized carbons (Fsp3) is 0.857. The van der Waals surface area contributed by atoms with E-state index in [0.717, 1.165) is 13.2 Å². The van der Waals surface area contributed by atoms with E-state index in [1.807, 2.05) is 0 Å². The van der Waals surface area contributed by atoms with Gasteiger partial charge in [-0.1, -0.05) is 12.2 Å². The van der Waals surface area contributed by atoms with Crippen molar-refractivity contribution in [1.29, 1.82) is 0 Å². The van der Waals surface area contributed by atoms with Crippen LogP contribution in [0.4, 0.5) is 0 Å². The fourth-order valence-corrected chi connectivity index (χ4v) is 2.90. The number of rotatable bonds is 6. The van der Waals surface area contributed by atoms with Crippen molar-refractivity contribution in [3.8, 4) is 0 Å². The molecule has 1 heterocycles. The maximum absolute atomic E-state index is 5.24. The van der Waals surface area contributed by atoms with Crippen LogP contribution in [0.15, 0.2) is 12.2 Å². The second-order valence-corrected chi connectivity index (χ2v) is 5.21. The summed E-state index contributed by atoms with van der Waals surface area (Å²) in [4.78, 5) is 2.60. The molecule has 0 aromatic heterocycles. The third-order valence-corrected chi connectivity index (χ3v) is 3.90. The number of hydrogen-bond donors (Lipinski definition) is 1. The molecule has 0 saturated carbocycles. The van der Waals surface area contributed by atoms with Crippen molar-refractivity contribution in [3.05, 3.63) is 12.2 Å². The molecular weight excluding hydrogens is 212 g/mol. The Kier molecular flexibility index (Phi) is 5.49. The summed E-state index contributed by atoms with van der Waals surface area (Å²) in [6, 6.07) is 1.34. The molecule has 98 valence electrons. The van der Waals surface area contributed by atoms with Gasteiger partial charge in [0.1, 0.15) is 0 Å². The van der Waals surface area contributed by atoms with Crippen LogP contribution in [0.1, 0.15) is 32.1 Å². The topological polar surface area (TPSA) is 24.5 Å². The summed E-state index contributed by atoms with van der Waals surface area (Å²) in [7, 11) is 1.79. The number of allylic oxidation sites excluding steroid dienone is 1. The maximum Gasteiger partial charge on any atom is 0.0589 e. The second-order valence-electron chi connectivity index (χ2n) is 5.21. The standard InChI is InChI=1S/C14H26N2O/c1-17-11-10-16(12-13-6-5-9-15-13)14-7-3-2-4-8-14/h3,7,13-15H,2,4-6,8-12H2,1H3. The first kappa shape index (κ1) is 13.1. The van der Waals surface area contributed by atoms with Crippen molar-refractivity contribution in [2.45, 2.75) is 44.2 Å². The normalized spacial score (nSPS) is 29.1. The molecule has 0 aromatic carbocycles. The number of methoxy groups -OCH3 is 1. The number of nitrogens with one attached hydrogen (secondary N) is 1. The van der Waals surface area contributed by atoms with Crippen molar-refractivity contribution in [2.24, 2.45) is 0 Å².